The Bertz CT molecular complexity index is 948. The lowest BCUT2D eigenvalue weighted by atomic mass is 9.95. The topological polar surface area (TPSA) is 47.8 Å². The molecule has 0 amide bonds. The number of methoxy groups -OCH3 is 2. The number of anilines is 1. The van der Waals surface area contributed by atoms with Crippen molar-refractivity contribution < 1.29 is 9.47 Å². The smallest absolute Gasteiger partial charge is 0.161 e. The van der Waals surface area contributed by atoms with E-state index in [2.05, 4.69) is 31.8 Å². The summed E-state index contributed by atoms with van der Waals surface area (Å²) in [5.41, 5.74) is 2.85. The van der Waals surface area contributed by atoms with Gasteiger partial charge in [0.2, 0.25) is 0 Å². The van der Waals surface area contributed by atoms with Crippen molar-refractivity contribution in [2.75, 3.05) is 19.5 Å². The minimum atomic E-state index is 0.483. The van der Waals surface area contributed by atoms with Gasteiger partial charge in [-0.05, 0) is 59.1 Å². The third kappa shape index (κ3) is 3.63. The second kappa shape index (κ2) is 7.80. The molecule has 0 saturated heterocycles. The highest BCUT2D eigenvalue weighted by atomic mass is 79.9. The maximum absolute atomic E-state index is 5.49. The molecule has 1 N–H and O–H groups in total. The first-order chi connectivity index (χ1) is 13.2. The van der Waals surface area contributed by atoms with Crippen molar-refractivity contribution in [1.29, 1.82) is 0 Å². The number of nitrogens with zero attached hydrogens (tertiary/aromatic N) is 2. The predicted octanol–water partition coefficient (Wildman–Crippen LogP) is 5.53. The Balaban J connectivity index is 1.82. The van der Waals surface area contributed by atoms with E-state index < -0.39 is 0 Å². The maximum atomic E-state index is 5.49. The molecule has 0 radical (unpaired) electrons. The molecule has 2 aromatic heterocycles. The summed E-state index contributed by atoms with van der Waals surface area (Å²) in [7, 11) is 3.31. The first-order valence-electron chi connectivity index (χ1n) is 9.36. The Hall–Kier alpha value is -2.21. The van der Waals surface area contributed by atoms with Gasteiger partial charge >= 0.3 is 0 Å². The van der Waals surface area contributed by atoms with E-state index in [4.69, 9.17) is 14.5 Å². The molecule has 0 atom stereocenters. The van der Waals surface area contributed by atoms with E-state index in [1.807, 2.05) is 30.3 Å². The Morgan fingerprint density at radius 3 is 2.56 bits per heavy atom. The largest absolute Gasteiger partial charge is 0.493 e. The predicted molar refractivity (Wildman–Crippen MR) is 112 cm³/mol. The summed E-state index contributed by atoms with van der Waals surface area (Å²) in [5.74, 6) is 2.46. The van der Waals surface area contributed by atoms with Gasteiger partial charge in [0.15, 0.2) is 11.5 Å². The van der Waals surface area contributed by atoms with E-state index in [0.717, 1.165) is 32.9 Å². The van der Waals surface area contributed by atoms with Crippen LogP contribution in [0.3, 0.4) is 0 Å². The highest BCUT2D eigenvalue weighted by molar-refractivity contribution is 9.10. The van der Waals surface area contributed by atoms with Gasteiger partial charge in [0.05, 0.1) is 14.2 Å². The van der Waals surface area contributed by atoms with Gasteiger partial charge in [0, 0.05) is 22.3 Å². The van der Waals surface area contributed by atoms with Gasteiger partial charge in [0.25, 0.3) is 0 Å². The maximum Gasteiger partial charge on any atom is 0.161 e. The first-order valence-corrected chi connectivity index (χ1v) is 10.2. The van der Waals surface area contributed by atoms with Crippen LogP contribution in [0.25, 0.3) is 16.9 Å². The monoisotopic (exact) mass is 429 g/mol. The molecule has 1 aliphatic carbocycles. The molecule has 1 saturated carbocycles. The van der Waals surface area contributed by atoms with Crippen LogP contribution in [0.1, 0.15) is 32.1 Å². The van der Waals surface area contributed by atoms with Crippen molar-refractivity contribution >= 4 is 27.4 Å². The SMILES string of the molecule is COc1ccc(-c2nc3ccc(Br)cn3c2NC2CCCCC2)cc1OC. The van der Waals surface area contributed by atoms with E-state index >= 15 is 0 Å². The van der Waals surface area contributed by atoms with E-state index in [0.29, 0.717) is 11.8 Å². The molecule has 1 aromatic carbocycles. The number of pyridine rings is 1. The molecule has 6 heteroatoms. The van der Waals surface area contributed by atoms with Crippen molar-refractivity contribution in [3.63, 3.8) is 0 Å². The van der Waals surface area contributed by atoms with Crippen LogP contribution in [0, 0.1) is 0 Å². The molecule has 4 rings (SSSR count). The first kappa shape index (κ1) is 18.2. The highest BCUT2D eigenvalue weighted by Crippen LogP contribution is 2.37. The molecular formula is C21H24BrN3O2. The fourth-order valence-electron chi connectivity index (χ4n) is 3.78. The van der Waals surface area contributed by atoms with E-state index in [-0.39, 0.29) is 0 Å². The fourth-order valence-corrected chi connectivity index (χ4v) is 4.12. The molecule has 2 heterocycles. The minimum Gasteiger partial charge on any atom is -0.493 e. The normalized spacial score (nSPS) is 15.1. The van der Waals surface area contributed by atoms with Gasteiger partial charge in [-0.25, -0.2) is 4.98 Å². The van der Waals surface area contributed by atoms with Gasteiger partial charge in [-0.15, -0.1) is 0 Å². The molecule has 0 aliphatic heterocycles. The molecule has 5 nitrogen and oxygen atoms in total. The second-order valence-electron chi connectivity index (χ2n) is 6.93. The summed E-state index contributed by atoms with van der Waals surface area (Å²) < 4.78 is 14.0. The molecular weight excluding hydrogens is 406 g/mol. The molecule has 0 unspecified atom stereocenters. The highest BCUT2D eigenvalue weighted by Gasteiger charge is 2.20. The molecule has 0 bridgehead atoms. The minimum absolute atomic E-state index is 0.483. The van der Waals surface area contributed by atoms with Gasteiger partial charge in [0.1, 0.15) is 17.2 Å². The number of benzene rings is 1. The zero-order valence-corrected chi connectivity index (χ0v) is 17.3. The number of imidazole rings is 1. The third-order valence-electron chi connectivity index (χ3n) is 5.19. The number of ether oxygens (including phenoxy) is 2. The van der Waals surface area contributed by atoms with Crippen LogP contribution in [-0.4, -0.2) is 29.6 Å². The summed E-state index contributed by atoms with van der Waals surface area (Å²) in [6, 6.07) is 10.5. The Morgan fingerprint density at radius 1 is 1.04 bits per heavy atom. The van der Waals surface area contributed by atoms with Crippen LogP contribution in [0.15, 0.2) is 41.0 Å². The molecule has 27 heavy (non-hydrogen) atoms. The number of nitrogens with one attached hydrogen (secondary N) is 1. The zero-order valence-electron chi connectivity index (χ0n) is 15.7. The van der Waals surface area contributed by atoms with Crippen LogP contribution < -0.4 is 14.8 Å². The molecule has 0 spiro atoms. The van der Waals surface area contributed by atoms with Gasteiger partial charge in [-0.2, -0.15) is 0 Å². The van der Waals surface area contributed by atoms with Crippen LogP contribution in [-0.2, 0) is 0 Å². The van der Waals surface area contributed by atoms with Crippen LogP contribution in [0.5, 0.6) is 11.5 Å². The third-order valence-corrected chi connectivity index (χ3v) is 5.65. The van der Waals surface area contributed by atoms with E-state index in [1.165, 1.54) is 32.1 Å². The molecule has 3 aromatic rings. The lowest BCUT2D eigenvalue weighted by Gasteiger charge is -2.24. The lowest BCUT2D eigenvalue weighted by molar-refractivity contribution is 0.355. The molecule has 142 valence electrons. The van der Waals surface area contributed by atoms with Gasteiger partial charge in [-0.1, -0.05) is 19.3 Å². The number of hydrogen-bond acceptors (Lipinski definition) is 4. The number of rotatable bonds is 5. The van der Waals surface area contributed by atoms with E-state index in [9.17, 15) is 0 Å². The van der Waals surface area contributed by atoms with Gasteiger partial charge in [-0.3, -0.25) is 4.40 Å². The summed E-state index contributed by atoms with van der Waals surface area (Å²) >= 11 is 3.59. The quantitative estimate of drug-likeness (QED) is 0.579. The number of hydrogen-bond donors (Lipinski definition) is 1. The van der Waals surface area contributed by atoms with Crippen molar-refractivity contribution in [2.45, 2.75) is 38.1 Å². The van der Waals surface area contributed by atoms with Crippen molar-refractivity contribution in [3.8, 4) is 22.8 Å². The number of aromatic nitrogens is 2. The summed E-state index contributed by atoms with van der Waals surface area (Å²) in [5, 5.41) is 3.77. The van der Waals surface area contributed by atoms with Crippen LogP contribution in [0.4, 0.5) is 5.82 Å². The average molecular weight is 430 g/mol. The average Bonchev–Trinajstić information content (AvgIpc) is 3.06. The fraction of sp³-hybridized carbons (Fsp3) is 0.381. The summed E-state index contributed by atoms with van der Waals surface area (Å²) in [6.45, 7) is 0. The lowest BCUT2D eigenvalue weighted by Crippen LogP contribution is -2.23. The van der Waals surface area contributed by atoms with Crippen molar-refractivity contribution in [1.82, 2.24) is 9.38 Å². The van der Waals surface area contributed by atoms with Crippen LogP contribution in [0.2, 0.25) is 0 Å². The summed E-state index contributed by atoms with van der Waals surface area (Å²) in [4.78, 5) is 4.90. The standard InChI is InChI=1S/C21H24BrN3O2/c1-26-17-10-8-14(12-18(17)27-2)20-21(23-16-6-4-3-5-7-16)25-13-15(22)9-11-19(25)24-20/h8-13,16,23H,3-7H2,1-2H3. The van der Waals surface area contributed by atoms with Crippen molar-refractivity contribution in [2.24, 2.45) is 0 Å². The Labute approximate surface area is 167 Å². The Morgan fingerprint density at radius 2 is 1.81 bits per heavy atom. The van der Waals surface area contributed by atoms with E-state index in [1.54, 1.807) is 14.2 Å². The molecule has 1 fully saturated rings. The number of halogens is 1. The number of fused-ring (bicyclic) bond motifs is 1. The van der Waals surface area contributed by atoms with Gasteiger partial charge < -0.3 is 14.8 Å². The molecule has 1 aliphatic rings. The summed E-state index contributed by atoms with van der Waals surface area (Å²) in [6.07, 6.45) is 8.37. The zero-order chi connectivity index (χ0) is 18.8. The second-order valence-corrected chi connectivity index (χ2v) is 7.85. The van der Waals surface area contributed by atoms with Crippen LogP contribution >= 0.6 is 15.9 Å². The Kier molecular flexibility index (Phi) is 5.25. The van der Waals surface area contributed by atoms with Crippen molar-refractivity contribution in [3.05, 3.63) is 41.0 Å².